The predicted molar refractivity (Wildman–Crippen MR) is 115 cm³/mol. The van der Waals surface area contributed by atoms with E-state index in [1.54, 1.807) is 14.2 Å². The molecular weight excluding hydrogens is 362 g/mol. The van der Waals surface area contributed by atoms with Gasteiger partial charge in [0.1, 0.15) is 5.75 Å². The molecule has 0 aromatic heterocycles. The van der Waals surface area contributed by atoms with Crippen molar-refractivity contribution in [1.82, 2.24) is 0 Å². The van der Waals surface area contributed by atoms with E-state index in [9.17, 15) is 0 Å². The second-order valence-corrected chi connectivity index (χ2v) is 8.51. The van der Waals surface area contributed by atoms with Crippen LogP contribution in [0.2, 0.25) is 0 Å². The van der Waals surface area contributed by atoms with Crippen molar-refractivity contribution in [2.75, 3.05) is 20.8 Å². The van der Waals surface area contributed by atoms with Gasteiger partial charge in [-0.25, -0.2) is 0 Å². The molecule has 3 aliphatic rings. The summed E-state index contributed by atoms with van der Waals surface area (Å²) in [6.45, 7) is 0.822. The van der Waals surface area contributed by atoms with Crippen LogP contribution in [0.3, 0.4) is 0 Å². The second kappa shape index (κ2) is 7.74. The Morgan fingerprint density at radius 3 is 2.52 bits per heavy atom. The zero-order valence-corrected chi connectivity index (χ0v) is 17.3. The van der Waals surface area contributed by atoms with Gasteiger partial charge in [0.2, 0.25) is 0 Å². The van der Waals surface area contributed by atoms with E-state index in [0.29, 0.717) is 12.0 Å². The van der Waals surface area contributed by atoms with Crippen LogP contribution in [0.15, 0.2) is 41.4 Å². The smallest absolute Gasteiger partial charge is 0.161 e. The lowest BCUT2D eigenvalue weighted by Crippen LogP contribution is -2.29. The van der Waals surface area contributed by atoms with Crippen LogP contribution in [0.4, 0.5) is 0 Å². The number of hydrogen-bond acceptors (Lipinski definition) is 4. The maximum atomic E-state index is 6.04. The van der Waals surface area contributed by atoms with Gasteiger partial charge in [0.25, 0.3) is 0 Å². The summed E-state index contributed by atoms with van der Waals surface area (Å²) >= 11 is 0. The molecule has 0 N–H and O–H groups in total. The molecule has 2 fully saturated rings. The predicted octanol–water partition coefficient (Wildman–Crippen LogP) is 5.37. The minimum atomic E-state index is 0.348. The Kier molecular flexibility index (Phi) is 4.94. The number of ether oxygens (including phenoxy) is 3. The molecular formula is C25H29NO3. The number of nitrogens with zero attached hydrogens (tertiary/aromatic N) is 1. The van der Waals surface area contributed by atoms with E-state index in [1.807, 2.05) is 6.07 Å². The van der Waals surface area contributed by atoms with E-state index in [-0.39, 0.29) is 0 Å². The van der Waals surface area contributed by atoms with E-state index >= 15 is 0 Å². The Balaban J connectivity index is 1.57. The monoisotopic (exact) mass is 391 g/mol. The third kappa shape index (κ3) is 3.61. The molecule has 4 nitrogen and oxygen atoms in total. The van der Waals surface area contributed by atoms with Gasteiger partial charge in [-0.05, 0) is 61.4 Å². The van der Waals surface area contributed by atoms with Crippen molar-refractivity contribution in [3.05, 3.63) is 53.1 Å². The molecule has 5 rings (SSSR count). The molecule has 2 aromatic rings. The topological polar surface area (TPSA) is 40.0 Å². The number of rotatable bonds is 6. The van der Waals surface area contributed by atoms with Gasteiger partial charge in [-0.15, -0.1) is 0 Å². The van der Waals surface area contributed by atoms with Gasteiger partial charge in [0.15, 0.2) is 11.5 Å². The van der Waals surface area contributed by atoms with Crippen LogP contribution in [-0.4, -0.2) is 32.6 Å². The number of hydrogen-bond donors (Lipinski definition) is 0. The van der Waals surface area contributed by atoms with E-state index < -0.39 is 0 Å². The van der Waals surface area contributed by atoms with Gasteiger partial charge in [-0.2, -0.15) is 0 Å². The molecule has 0 bridgehead atoms. The highest BCUT2D eigenvalue weighted by Gasteiger charge is 2.34. The number of benzene rings is 2. The average molecular weight is 392 g/mol. The van der Waals surface area contributed by atoms with Gasteiger partial charge in [0, 0.05) is 17.0 Å². The molecule has 0 spiro atoms. The largest absolute Gasteiger partial charge is 0.493 e. The summed E-state index contributed by atoms with van der Waals surface area (Å²) in [7, 11) is 3.40. The lowest BCUT2D eigenvalue weighted by atomic mass is 9.75. The Labute approximate surface area is 172 Å². The van der Waals surface area contributed by atoms with Crippen LogP contribution >= 0.6 is 0 Å². The van der Waals surface area contributed by atoms with Crippen LogP contribution in [0, 0.1) is 5.92 Å². The Bertz CT molecular complexity index is 932. The zero-order chi connectivity index (χ0) is 19.8. The molecule has 0 unspecified atom stereocenters. The third-order valence-corrected chi connectivity index (χ3v) is 6.52. The molecule has 0 amide bonds. The van der Waals surface area contributed by atoms with Gasteiger partial charge in [0.05, 0.1) is 32.6 Å². The lowest BCUT2D eigenvalue weighted by molar-refractivity contribution is 0.299. The summed E-state index contributed by atoms with van der Waals surface area (Å²) in [6.07, 6.45) is 7.46. The van der Waals surface area contributed by atoms with Crippen LogP contribution in [0.5, 0.6) is 17.2 Å². The highest BCUT2D eigenvalue weighted by atomic mass is 16.5. The molecule has 1 aliphatic heterocycles. The summed E-state index contributed by atoms with van der Waals surface area (Å²) in [5.74, 6) is 3.71. The Morgan fingerprint density at radius 1 is 0.931 bits per heavy atom. The quantitative estimate of drug-likeness (QED) is 0.665. The van der Waals surface area contributed by atoms with E-state index in [0.717, 1.165) is 47.5 Å². The van der Waals surface area contributed by atoms with Crippen LogP contribution < -0.4 is 14.2 Å². The minimum absolute atomic E-state index is 0.348. The summed E-state index contributed by atoms with van der Waals surface area (Å²) < 4.78 is 17.3. The lowest BCUT2D eigenvalue weighted by Gasteiger charge is -2.35. The molecule has 4 heteroatoms. The van der Waals surface area contributed by atoms with E-state index in [1.165, 1.54) is 43.2 Å². The summed E-state index contributed by atoms with van der Waals surface area (Å²) in [6, 6.07) is 13.0. The van der Waals surface area contributed by atoms with Crippen molar-refractivity contribution < 1.29 is 14.2 Å². The van der Waals surface area contributed by atoms with Gasteiger partial charge >= 0.3 is 0 Å². The molecule has 1 heterocycles. The molecule has 29 heavy (non-hydrogen) atoms. The van der Waals surface area contributed by atoms with Crippen molar-refractivity contribution in [1.29, 1.82) is 0 Å². The first-order chi connectivity index (χ1) is 14.3. The molecule has 0 radical (unpaired) electrons. The molecule has 0 saturated heterocycles. The minimum Gasteiger partial charge on any atom is -0.493 e. The van der Waals surface area contributed by atoms with E-state index in [4.69, 9.17) is 19.2 Å². The summed E-state index contributed by atoms with van der Waals surface area (Å²) in [5.41, 5.74) is 4.70. The normalized spacial score (nSPS) is 22.9. The first kappa shape index (κ1) is 18.5. The fourth-order valence-corrected chi connectivity index (χ4v) is 4.73. The van der Waals surface area contributed by atoms with Crippen molar-refractivity contribution in [2.45, 2.75) is 50.5 Å². The highest BCUT2D eigenvalue weighted by Crippen LogP contribution is 2.45. The maximum Gasteiger partial charge on any atom is 0.161 e. The molecule has 2 atom stereocenters. The van der Waals surface area contributed by atoms with Crippen LogP contribution in [-0.2, 0) is 0 Å². The van der Waals surface area contributed by atoms with E-state index in [2.05, 4.69) is 30.3 Å². The average Bonchev–Trinajstić information content (AvgIpc) is 3.61. The molecule has 2 saturated carbocycles. The molecule has 2 aliphatic carbocycles. The molecule has 152 valence electrons. The van der Waals surface area contributed by atoms with Crippen LogP contribution in [0.1, 0.15) is 61.1 Å². The summed E-state index contributed by atoms with van der Waals surface area (Å²) in [5, 5.41) is 0. The third-order valence-electron chi connectivity index (χ3n) is 6.52. The SMILES string of the molecule is COc1cc2c(cc1OC)[C@@H]1CCCC[C@@H]1N=C2c1cccc(OCC2CC2)c1. The Morgan fingerprint density at radius 2 is 1.72 bits per heavy atom. The highest BCUT2D eigenvalue weighted by molar-refractivity contribution is 6.15. The van der Waals surface area contributed by atoms with Gasteiger partial charge in [-0.3, -0.25) is 4.99 Å². The van der Waals surface area contributed by atoms with Gasteiger partial charge in [-0.1, -0.05) is 25.0 Å². The fraction of sp³-hybridized carbons (Fsp3) is 0.480. The Hall–Kier alpha value is -2.49. The summed E-state index contributed by atoms with van der Waals surface area (Å²) in [4.78, 5) is 5.26. The molecule has 2 aromatic carbocycles. The standard InChI is InChI=1S/C25H29NO3/c1-27-23-13-20-19-8-3-4-9-22(19)26-25(21(20)14-24(23)28-2)17-6-5-7-18(12-17)29-15-16-10-11-16/h5-7,12-14,16,19,22H,3-4,8-11,15H2,1-2H3/t19-,22-/m0/s1. The van der Waals surface area contributed by atoms with Gasteiger partial charge < -0.3 is 14.2 Å². The number of fused-ring (bicyclic) bond motifs is 3. The second-order valence-electron chi connectivity index (χ2n) is 8.51. The first-order valence-electron chi connectivity index (χ1n) is 10.8. The number of methoxy groups -OCH3 is 2. The zero-order valence-electron chi connectivity index (χ0n) is 17.3. The van der Waals surface area contributed by atoms with Crippen LogP contribution in [0.25, 0.3) is 0 Å². The fourth-order valence-electron chi connectivity index (χ4n) is 4.73. The van der Waals surface area contributed by atoms with Crippen molar-refractivity contribution in [2.24, 2.45) is 10.9 Å². The number of aliphatic imine (C=N–C) groups is 1. The van der Waals surface area contributed by atoms with Crippen molar-refractivity contribution >= 4 is 5.71 Å². The van der Waals surface area contributed by atoms with Crippen molar-refractivity contribution in [3.63, 3.8) is 0 Å². The maximum absolute atomic E-state index is 6.04. The first-order valence-corrected chi connectivity index (χ1v) is 10.8. The van der Waals surface area contributed by atoms with Crippen molar-refractivity contribution in [3.8, 4) is 17.2 Å².